The molecule has 2 aromatic rings. The third kappa shape index (κ3) is 4.58. The van der Waals surface area contributed by atoms with E-state index in [1.54, 1.807) is 0 Å². The molecule has 1 amide bonds. The normalized spacial score (nSPS) is 13.3. The van der Waals surface area contributed by atoms with Crippen LogP contribution in [0.4, 0.5) is 11.4 Å². The number of carbonyl (C=O) groups is 1. The molecule has 3 rings (SSSR count). The highest BCUT2D eigenvalue weighted by Crippen LogP contribution is 2.33. The van der Waals surface area contributed by atoms with Crippen LogP contribution in [0, 0.1) is 10.1 Å². The highest BCUT2D eigenvalue weighted by Gasteiger charge is 2.20. The van der Waals surface area contributed by atoms with Crippen molar-refractivity contribution in [1.82, 2.24) is 0 Å². The second-order valence-corrected chi connectivity index (χ2v) is 7.52. The molecule has 0 saturated heterocycles. The van der Waals surface area contributed by atoms with E-state index in [9.17, 15) is 14.9 Å². The molecular formula is C20H19BrN2O5. The number of hydrogen-bond acceptors (Lipinski definition) is 5. The van der Waals surface area contributed by atoms with Crippen molar-refractivity contribution in [2.75, 3.05) is 12.1 Å². The molecule has 1 aliphatic heterocycles. The number of fused-ring (bicyclic) bond motifs is 1. The number of amides is 1. The Morgan fingerprint density at radius 2 is 2.11 bits per heavy atom. The van der Waals surface area contributed by atoms with E-state index in [-0.39, 0.29) is 30.9 Å². The van der Waals surface area contributed by atoms with Crippen molar-refractivity contribution >= 4 is 39.3 Å². The van der Waals surface area contributed by atoms with E-state index in [2.05, 4.69) is 21.2 Å². The molecule has 1 aliphatic rings. The van der Waals surface area contributed by atoms with Crippen LogP contribution in [-0.4, -0.2) is 17.6 Å². The number of nitrogens with zero attached hydrogens (tertiary/aromatic N) is 1. The van der Waals surface area contributed by atoms with E-state index in [1.165, 1.54) is 24.3 Å². The first-order valence-electron chi connectivity index (χ1n) is 8.65. The molecule has 0 aromatic heterocycles. The number of rotatable bonds is 5. The predicted molar refractivity (Wildman–Crippen MR) is 109 cm³/mol. The van der Waals surface area contributed by atoms with Crippen molar-refractivity contribution in [2.45, 2.75) is 26.4 Å². The van der Waals surface area contributed by atoms with Crippen LogP contribution in [0.1, 0.15) is 36.5 Å². The van der Waals surface area contributed by atoms with Crippen molar-refractivity contribution in [2.24, 2.45) is 0 Å². The van der Waals surface area contributed by atoms with Gasteiger partial charge in [-0.05, 0) is 35.8 Å². The number of benzene rings is 2. The van der Waals surface area contributed by atoms with E-state index in [1.807, 2.05) is 32.0 Å². The maximum absolute atomic E-state index is 12.4. The van der Waals surface area contributed by atoms with Crippen LogP contribution >= 0.6 is 15.9 Å². The summed E-state index contributed by atoms with van der Waals surface area (Å²) in [7, 11) is 0. The highest BCUT2D eigenvalue weighted by molar-refractivity contribution is 9.10. The van der Waals surface area contributed by atoms with Crippen LogP contribution in [-0.2, 0) is 16.1 Å². The third-order valence-electron chi connectivity index (χ3n) is 4.24. The summed E-state index contributed by atoms with van der Waals surface area (Å²) in [6.45, 7) is 4.37. The topological polar surface area (TPSA) is 90.7 Å². The molecule has 0 atom stereocenters. The Morgan fingerprint density at radius 1 is 1.32 bits per heavy atom. The molecule has 1 N–H and O–H groups in total. The number of nitrogens with one attached hydrogen (secondary N) is 1. The standard InChI is InChI=1S/C20H19BrN2O5/c1-12(2)17-9-15(21)4-5-18(17)22-19(24)6-3-13-7-16(23(25)26)8-14-10-27-11-28-20(13)14/h3-9,12H,10-11H2,1-2H3,(H,22,24)/b6-3+. The molecular weight excluding hydrogens is 428 g/mol. The number of hydrogen-bond donors (Lipinski definition) is 1. The summed E-state index contributed by atoms with van der Waals surface area (Å²) in [5.74, 6) is 0.387. The number of nitro groups is 1. The van der Waals surface area contributed by atoms with Crippen LogP contribution in [0.3, 0.4) is 0 Å². The van der Waals surface area contributed by atoms with Crippen molar-refractivity contribution in [3.8, 4) is 5.75 Å². The lowest BCUT2D eigenvalue weighted by Gasteiger charge is -2.19. The smallest absolute Gasteiger partial charge is 0.270 e. The van der Waals surface area contributed by atoms with E-state index in [4.69, 9.17) is 9.47 Å². The summed E-state index contributed by atoms with van der Waals surface area (Å²) in [5, 5.41) is 14.0. The summed E-state index contributed by atoms with van der Waals surface area (Å²) in [4.78, 5) is 23.1. The highest BCUT2D eigenvalue weighted by atomic mass is 79.9. The molecule has 1 heterocycles. The summed E-state index contributed by atoms with van der Waals surface area (Å²) in [5.41, 5.74) is 2.68. The zero-order valence-electron chi connectivity index (χ0n) is 15.4. The molecule has 2 aromatic carbocycles. The molecule has 28 heavy (non-hydrogen) atoms. The second kappa shape index (κ2) is 8.53. The lowest BCUT2D eigenvalue weighted by Crippen LogP contribution is -2.13. The van der Waals surface area contributed by atoms with Gasteiger partial charge >= 0.3 is 0 Å². The van der Waals surface area contributed by atoms with Gasteiger partial charge in [0.15, 0.2) is 6.79 Å². The van der Waals surface area contributed by atoms with E-state index < -0.39 is 4.92 Å². The largest absolute Gasteiger partial charge is 0.467 e. The van der Waals surface area contributed by atoms with Gasteiger partial charge in [-0.3, -0.25) is 14.9 Å². The molecule has 7 nitrogen and oxygen atoms in total. The van der Waals surface area contributed by atoms with Gasteiger partial charge < -0.3 is 14.8 Å². The van der Waals surface area contributed by atoms with Gasteiger partial charge in [-0.2, -0.15) is 0 Å². The van der Waals surface area contributed by atoms with Gasteiger partial charge in [-0.1, -0.05) is 29.8 Å². The van der Waals surface area contributed by atoms with Crippen LogP contribution in [0.15, 0.2) is 40.9 Å². The minimum Gasteiger partial charge on any atom is -0.467 e. The fraction of sp³-hybridized carbons (Fsp3) is 0.250. The summed E-state index contributed by atoms with van der Waals surface area (Å²) in [6, 6.07) is 8.46. The lowest BCUT2D eigenvalue weighted by atomic mass is 10.0. The van der Waals surface area contributed by atoms with Gasteiger partial charge in [0.1, 0.15) is 5.75 Å². The summed E-state index contributed by atoms with van der Waals surface area (Å²) >= 11 is 3.44. The Kier molecular flexibility index (Phi) is 6.11. The number of ether oxygens (including phenoxy) is 2. The average Bonchev–Trinajstić information content (AvgIpc) is 2.67. The predicted octanol–water partition coefficient (Wildman–Crippen LogP) is 5.00. The Balaban J connectivity index is 1.85. The summed E-state index contributed by atoms with van der Waals surface area (Å²) < 4.78 is 11.6. The fourth-order valence-electron chi connectivity index (χ4n) is 2.93. The number of non-ortho nitro benzene ring substituents is 1. The van der Waals surface area contributed by atoms with Crippen molar-refractivity contribution in [3.63, 3.8) is 0 Å². The van der Waals surface area contributed by atoms with Gasteiger partial charge in [-0.25, -0.2) is 0 Å². The van der Waals surface area contributed by atoms with Gasteiger partial charge in [-0.15, -0.1) is 0 Å². The molecule has 0 radical (unpaired) electrons. The van der Waals surface area contributed by atoms with Gasteiger partial charge in [0.25, 0.3) is 5.69 Å². The van der Waals surface area contributed by atoms with Gasteiger partial charge in [0.05, 0.1) is 11.5 Å². The monoisotopic (exact) mass is 446 g/mol. The Hall–Kier alpha value is -2.71. The second-order valence-electron chi connectivity index (χ2n) is 6.60. The minimum atomic E-state index is -0.483. The van der Waals surface area contributed by atoms with Crippen LogP contribution in [0.25, 0.3) is 6.08 Å². The Morgan fingerprint density at radius 3 is 2.82 bits per heavy atom. The average molecular weight is 447 g/mol. The Labute approximate surface area is 170 Å². The number of halogens is 1. The zero-order valence-corrected chi connectivity index (χ0v) is 17.0. The van der Waals surface area contributed by atoms with Crippen molar-refractivity contribution in [1.29, 1.82) is 0 Å². The van der Waals surface area contributed by atoms with Crippen LogP contribution < -0.4 is 10.1 Å². The molecule has 0 bridgehead atoms. The first-order chi connectivity index (χ1) is 13.3. The molecule has 0 saturated carbocycles. The van der Waals surface area contributed by atoms with Gasteiger partial charge in [0, 0.05) is 39.5 Å². The molecule has 8 heteroatoms. The number of carbonyl (C=O) groups excluding carboxylic acids is 1. The fourth-order valence-corrected chi connectivity index (χ4v) is 3.30. The van der Waals surface area contributed by atoms with E-state index >= 15 is 0 Å². The third-order valence-corrected chi connectivity index (χ3v) is 4.74. The van der Waals surface area contributed by atoms with Crippen molar-refractivity contribution in [3.05, 3.63) is 67.7 Å². The van der Waals surface area contributed by atoms with E-state index in [0.717, 1.165) is 15.7 Å². The minimum absolute atomic E-state index is 0.0640. The van der Waals surface area contributed by atoms with Crippen LogP contribution in [0.2, 0.25) is 0 Å². The molecule has 0 fully saturated rings. The van der Waals surface area contributed by atoms with Gasteiger partial charge in [0.2, 0.25) is 5.91 Å². The zero-order chi connectivity index (χ0) is 20.3. The lowest BCUT2D eigenvalue weighted by molar-refractivity contribution is -0.385. The quantitative estimate of drug-likeness (QED) is 0.396. The Bertz CT molecular complexity index is 956. The maximum atomic E-state index is 12.4. The number of nitro benzene ring substituents is 1. The number of anilines is 1. The van der Waals surface area contributed by atoms with Crippen LogP contribution in [0.5, 0.6) is 5.75 Å². The molecule has 0 aliphatic carbocycles. The van der Waals surface area contributed by atoms with E-state index in [0.29, 0.717) is 16.9 Å². The SMILES string of the molecule is CC(C)c1cc(Br)ccc1NC(=O)/C=C/c1cc([N+](=O)[O-])cc2c1OCOC2. The molecule has 0 unspecified atom stereocenters. The van der Waals surface area contributed by atoms with Crippen molar-refractivity contribution < 1.29 is 19.2 Å². The first kappa shape index (κ1) is 20.0. The maximum Gasteiger partial charge on any atom is 0.270 e. The molecule has 146 valence electrons. The molecule has 0 spiro atoms. The first-order valence-corrected chi connectivity index (χ1v) is 9.45. The summed E-state index contributed by atoms with van der Waals surface area (Å²) in [6.07, 6.45) is 2.85.